The van der Waals surface area contributed by atoms with Crippen LogP contribution in [0, 0.1) is 5.92 Å². The van der Waals surface area contributed by atoms with Gasteiger partial charge in [-0.1, -0.05) is 41.4 Å². The summed E-state index contributed by atoms with van der Waals surface area (Å²) in [5.41, 5.74) is 3.77. The lowest BCUT2D eigenvalue weighted by Crippen LogP contribution is -2.41. The van der Waals surface area contributed by atoms with Gasteiger partial charge in [0, 0.05) is 27.1 Å². The lowest BCUT2D eigenvalue weighted by Gasteiger charge is -2.13. The normalized spacial score (nSPS) is 10.8. The van der Waals surface area contributed by atoms with Crippen LogP contribution < -0.4 is 16.1 Å². The number of hydrogen-bond acceptors (Lipinski definition) is 3. The number of halogens is 2. The van der Waals surface area contributed by atoms with Gasteiger partial charge in [-0.05, 0) is 54.4 Å². The average Bonchev–Trinajstić information content (AvgIpc) is 3.05. The number of nitrogens with one attached hydrogen (secondary N) is 3. The number of rotatable bonds is 5. The third-order valence-corrected chi connectivity index (χ3v) is 4.95. The third kappa shape index (κ3) is 5.20. The zero-order valence-corrected chi connectivity index (χ0v) is 18.7. The molecule has 2 aromatic carbocycles. The van der Waals surface area contributed by atoms with Crippen molar-refractivity contribution in [2.75, 3.05) is 17.3 Å². The predicted molar refractivity (Wildman–Crippen MR) is 121 cm³/mol. The molecule has 9 heteroatoms. The molecule has 0 fully saturated rings. The molecule has 0 bridgehead atoms. The van der Waals surface area contributed by atoms with Crippen LogP contribution in [0.4, 0.5) is 5.69 Å². The van der Waals surface area contributed by atoms with E-state index < -0.39 is 17.7 Å². The largest absolute Gasteiger partial charge is 0.348 e. The summed E-state index contributed by atoms with van der Waals surface area (Å²) in [6.07, 6.45) is 0. The number of anilines is 1. The van der Waals surface area contributed by atoms with E-state index in [1.807, 2.05) is 13.8 Å². The van der Waals surface area contributed by atoms with Crippen molar-refractivity contribution in [2.45, 2.75) is 13.8 Å². The first-order valence-electron chi connectivity index (χ1n) is 9.21. The third-order valence-electron chi connectivity index (χ3n) is 4.19. The van der Waals surface area contributed by atoms with E-state index in [4.69, 9.17) is 11.6 Å². The maximum atomic E-state index is 12.9. The second kappa shape index (κ2) is 9.32. The predicted octanol–water partition coefficient (Wildman–Crippen LogP) is 4.15. The maximum absolute atomic E-state index is 12.9. The van der Waals surface area contributed by atoms with Gasteiger partial charge in [0.2, 0.25) is 0 Å². The van der Waals surface area contributed by atoms with Crippen LogP contribution in [0.15, 0.2) is 53.0 Å². The number of carbonyl (C=O) groups excluding carboxylic acids is 3. The first kappa shape index (κ1) is 21.9. The van der Waals surface area contributed by atoms with E-state index in [1.54, 1.807) is 48.5 Å². The molecule has 0 aliphatic rings. The molecule has 0 saturated carbocycles. The van der Waals surface area contributed by atoms with Gasteiger partial charge in [-0.3, -0.25) is 19.8 Å². The molecule has 1 aromatic heterocycles. The molecule has 1 heterocycles. The molecule has 0 saturated heterocycles. The van der Waals surface area contributed by atoms with Crippen molar-refractivity contribution in [1.82, 2.24) is 9.99 Å². The monoisotopic (exact) mass is 490 g/mol. The number of aromatic nitrogens is 1. The Bertz CT molecular complexity index is 1110. The molecule has 0 aliphatic heterocycles. The molecule has 30 heavy (non-hydrogen) atoms. The fourth-order valence-electron chi connectivity index (χ4n) is 2.73. The van der Waals surface area contributed by atoms with Gasteiger partial charge in [-0.15, -0.1) is 0 Å². The van der Waals surface area contributed by atoms with E-state index in [0.717, 1.165) is 4.47 Å². The lowest BCUT2D eigenvalue weighted by atomic mass is 10.2. The number of benzene rings is 2. The van der Waals surface area contributed by atoms with Crippen LogP contribution in [0.3, 0.4) is 0 Å². The quantitative estimate of drug-likeness (QED) is 0.468. The Morgan fingerprint density at radius 3 is 2.40 bits per heavy atom. The Balaban J connectivity index is 1.91. The highest BCUT2D eigenvalue weighted by Crippen LogP contribution is 2.24. The van der Waals surface area contributed by atoms with Crippen molar-refractivity contribution in [2.24, 2.45) is 5.92 Å². The molecular weight excluding hydrogens is 472 g/mol. The minimum absolute atomic E-state index is 0.153. The first-order valence-corrected chi connectivity index (χ1v) is 10.4. The molecule has 0 radical (unpaired) electrons. The van der Waals surface area contributed by atoms with Gasteiger partial charge in [-0.2, -0.15) is 0 Å². The highest BCUT2D eigenvalue weighted by molar-refractivity contribution is 9.10. The first-order chi connectivity index (χ1) is 14.2. The average molecular weight is 492 g/mol. The molecule has 3 aromatic rings. The Morgan fingerprint density at radius 1 is 1.03 bits per heavy atom. The van der Waals surface area contributed by atoms with Crippen molar-refractivity contribution < 1.29 is 14.4 Å². The van der Waals surface area contributed by atoms with E-state index in [1.165, 1.54) is 4.68 Å². The van der Waals surface area contributed by atoms with Crippen molar-refractivity contribution >= 4 is 61.8 Å². The number of amides is 3. The zero-order chi connectivity index (χ0) is 21.8. The summed E-state index contributed by atoms with van der Waals surface area (Å²) < 4.78 is 2.17. The number of hydrogen-bond donors (Lipinski definition) is 3. The van der Waals surface area contributed by atoms with Gasteiger partial charge < -0.3 is 10.6 Å². The highest BCUT2D eigenvalue weighted by atomic mass is 79.9. The summed E-state index contributed by atoms with van der Waals surface area (Å²) in [5, 5.41) is 6.46. The van der Waals surface area contributed by atoms with Crippen molar-refractivity contribution in [1.29, 1.82) is 0 Å². The minimum Gasteiger partial charge on any atom is -0.348 e. The van der Waals surface area contributed by atoms with Crippen LogP contribution in [-0.4, -0.2) is 28.9 Å². The van der Waals surface area contributed by atoms with Crippen LogP contribution in [0.1, 0.15) is 24.3 Å². The van der Waals surface area contributed by atoms with E-state index in [9.17, 15) is 14.4 Å². The Morgan fingerprint density at radius 2 is 1.73 bits per heavy atom. The summed E-state index contributed by atoms with van der Waals surface area (Å²) >= 11 is 9.41. The van der Waals surface area contributed by atoms with Gasteiger partial charge in [0.1, 0.15) is 5.69 Å². The van der Waals surface area contributed by atoms with E-state index in [2.05, 4.69) is 32.0 Å². The molecule has 156 valence electrons. The summed E-state index contributed by atoms with van der Waals surface area (Å²) in [5.74, 6) is -1.91. The number of carbonyl (C=O) groups is 3. The number of nitrogens with zero attached hydrogens (tertiary/aromatic N) is 1. The fourth-order valence-corrected chi connectivity index (χ4v) is 3.18. The second-order valence-corrected chi connectivity index (χ2v) is 8.43. The lowest BCUT2D eigenvalue weighted by molar-refractivity contribution is -0.136. The molecule has 3 N–H and O–H groups in total. The summed E-state index contributed by atoms with van der Waals surface area (Å²) in [6.45, 7) is 4.21. The molecule has 0 spiro atoms. The molecule has 3 amide bonds. The number of fused-ring (bicyclic) bond motifs is 1. The van der Waals surface area contributed by atoms with Gasteiger partial charge in [0.25, 0.3) is 5.91 Å². The SMILES string of the molecule is CC(C)CNC(=O)C(=O)Nn1c(C(=O)Nc2ccc(Br)cc2)cc2cc(Cl)ccc21. The smallest absolute Gasteiger partial charge is 0.328 e. The Kier molecular flexibility index (Phi) is 6.79. The van der Waals surface area contributed by atoms with E-state index >= 15 is 0 Å². The molecule has 3 rings (SSSR count). The highest BCUT2D eigenvalue weighted by Gasteiger charge is 2.21. The molecule has 0 unspecified atom stereocenters. The second-order valence-electron chi connectivity index (χ2n) is 7.07. The van der Waals surface area contributed by atoms with Crippen LogP contribution >= 0.6 is 27.5 Å². The van der Waals surface area contributed by atoms with Crippen LogP contribution in [0.5, 0.6) is 0 Å². The molecule has 0 aliphatic carbocycles. The van der Waals surface area contributed by atoms with Crippen LogP contribution in [0.25, 0.3) is 10.9 Å². The van der Waals surface area contributed by atoms with E-state index in [-0.39, 0.29) is 11.6 Å². The summed E-state index contributed by atoms with van der Waals surface area (Å²) in [6, 6.07) is 13.7. The van der Waals surface area contributed by atoms with Gasteiger partial charge in [-0.25, -0.2) is 4.68 Å². The van der Waals surface area contributed by atoms with Gasteiger partial charge in [0.15, 0.2) is 0 Å². The summed E-state index contributed by atoms with van der Waals surface area (Å²) in [4.78, 5) is 37.4. The van der Waals surface area contributed by atoms with Crippen molar-refractivity contribution in [3.05, 3.63) is 63.7 Å². The van der Waals surface area contributed by atoms with E-state index in [0.29, 0.717) is 28.2 Å². The fraction of sp³-hybridized carbons (Fsp3) is 0.190. The van der Waals surface area contributed by atoms with Crippen LogP contribution in [0.2, 0.25) is 5.02 Å². The van der Waals surface area contributed by atoms with Gasteiger partial charge in [0.05, 0.1) is 5.52 Å². The minimum atomic E-state index is -0.874. The maximum Gasteiger partial charge on any atom is 0.328 e. The Hall–Kier alpha value is -2.84. The molecular formula is C21H20BrClN4O3. The topological polar surface area (TPSA) is 92.2 Å². The molecule has 7 nitrogen and oxygen atoms in total. The zero-order valence-electron chi connectivity index (χ0n) is 16.3. The van der Waals surface area contributed by atoms with Crippen molar-refractivity contribution in [3.8, 4) is 0 Å². The standard InChI is InChI=1S/C21H20BrClN4O3/c1-12(2)11-24-20(29)21(30)26-27-17-8-5-15(23)9-13(17)10-18(27)19(28)25-16-6-3-14(22)4-7-16/h3-10,12H,11H2,1-2H3,(H,24,29)(H,25,28)(H,26,30). The Labute approximate surface area is 186 Å². The van der Waals surface area contributed by atoms with Gasteiger partial charge >= 0.3 is 11.8 Å². The van der Waals surface area contributed by atoms with Crippen LogP contribution in [-0.2, 0) is 9.59 Å². The molecule has 0 atom stereocenters. The van der Waals surface area contributed by atoms with Crippen molar-refractivity contribution in [3.63, 3.8) is 0 Å². The summed E-state index contributed by atoms with van der Waals surface area (Å²) in [7, 11) is 0.